The number of sulfone groups is 1. The van der Waals surface area contributed by atoms with Gasteiger partial charge in [-0.25, -0.2) is 8.42 Å². The van der Waals surface area contributed by atoms with Gasteiger partial charge < -0.3 is 0 Å². The monoisotopic (exact) mass is 264 g/mol. The van der Waals surface area contributed by atoms with Crippen molar-refractivity contribution < 1.29 is 8.42 Å². The topological polar surface area (TPSA) is 34.1 Å². The van der Waals surface area contributed by atoms with E-state index in [-0.39, 0.29) is 5.75 Å². The van der Waals surface area contributed by atoms with E-state index in [1.54, 1.807) is 0 Å². The maximum Gasteiger partial charge on any atom is 0.183 e. The molecule has 0 fully saturated rings. The molecule has 0 unspecified atom stereocenters. The average molecular weight is 264 g/mol. The molecule has 0 rings (SSSR count). The van der Waals surface area contributed by atoms with Crippen LogP contribution in [0.15, 0.2) is 10.8 Å². The molecule has 2 nitrogen and oxygen atoms in total. The van der Waals surface area contributed by atoms with Gasteiger partial charge in [0.25, 0.3) is 0 Å². The van der Waals surface area contributed by atoms with Crippen LogP contribution in [0.1, 0.15) is 52.4 Å². The molecule has 0 N–H and O–H groups in total. The fourth-order valence-electron chi connectivity index (χ4n) is 1.28. The van der Waals surface area contributed by atoms with E-state index in [1.807, 2.05) is 0 Å². The van der Waals surface area contributed by atoms with Crippen LogP contribution in [-0.2, 0) is 9.84 Å². The summed E-state index contributed by atoms with van der Waals surface area (Å²) in [7, 11) is -3.05. The van der Waals surface area contributed by atoms with Gasteiger partial charge in [0.15, 0.2) is 9.84 Å². The van der Waals surface area contributed by atoms with E-state index in [0.29, 0.717) is 4.24 Å². The van der Waals surface area contributed by atoms with Crippen molar-refractivity contribution in [3.8, 4) is 0 Å². The minimum Gasteiger partial charge on any atom is -0.223 e. The Kier molecular flexibility index (Phi) is 9.13. The third-order valence-electron chi connectivity index (χ3n) is 2.37. The van der Waals surface area contributed by atoms with E-state index in [0.717, 1.165) is 44.3 Å². The van der Waals surface area contributed by atoms with Gasteiger partial charge in [0.2, 0.25) is 0 Å². The van der Waals surface area contributed by atoms with E-state index in [4.69, 9.17) is 0 Å². The molecule has 0 bridgehead atoms. The lowest BCUT2D eigenvalue weighted by Gasteiger charge is -2.06. The van der Waals surface area contributed by atoms with Crippen LogP contribution >= 0.6 is 11.8 Å². The van der Waals surface area contributed by atoms with Crippen molar-refractivity contribution in [2.45, 2.75) is 52.4 Å². The quantitative estimate of drug-likeness (QED) is 0.560. The fraction of sp³-hybridized carbons (Fsp3) is 0.833. The zero-order chi connectivity index (χ0) is 12.4. The van der Waals surface area contributed by atoms with E-state index >= 15 is 0 Å². The lowest BCUT2D eigenvalue weighted by Crippen LogP contribution is -2.07. The van der Waals surface area contributed by atoms with Crippen LogP contribution in [0.25, 0.3) is 0 Å². The Hall–Kier alpha value is 0.0400. The highest BCUT2D eigenvalue weighted by molar-refractivity contribution is 8.18. The molecule has 0 aliphatic carbocycles. The van der Waals surface area contributed by atoms with Crippen LogP contribution in [-0.4, -0.2) is 19.9 Å². The molecule has 0 spiro atoms. The molecule has 0 aromatic rings. The molecule has 0 saturated carbocycles. The van der Waals surface area contributed by atoms with Gasteiger partial charge in [0.1, 0.15) is 0 Å². The smallest absolute Gasteiger partial charge is 0.183 e. The largest absolute Gasteiger partial charge is 0.223 e. The van der Waals surface area contributed by atoms with Gasteiger partial charge in [-0.1, -0.05) is 46.1 Å². The summed E-state index contributed by atoms with van der Waals surface area (Å²) in [6.07, 6.45) is 6.18. The molecule has 96 valence electrons. The summed E-state index contributed by atoms with van der Waals surface area (Å²) in [6, 6.07) is 0. The van der Waals surface area contributed by atoms with Crippen LogP contribution in [0, 0.1) is 0 Å². The van der Waals surface area contributed by atoms with Crippen LogP contribution in [0.2, 0.25) is 0 Å². The van der Waals surface area contributed by atoms with Crippen LogP contribution in [0.5, 0.6) is 0 Å². The Morgan fingerprint density at radius 3 is 2.19 bits per heavy atom. The summed E-state index contributed by atoms with van der Waals surface area (Å²) in [5.74, 6) is 1.14. The maximum absolute atomic E-state index is 11.7. The Balaban J connectivity index is 3.86. The van der Waals surface area contributed by atoms with Gasteiger partial charge in [-0.05, 0) is 18.6 Å². The summed E-state index contributed by atoms with van der Waals surface area (Å²) < 4.78 is 23.9. The molecule has 0 radical (unpaired) electrons. The summed E-state index contributed by atoms with van der Waals surface area (Å²) in [5, 5.41) is 0. The minimum atomic E-state index is -3.05. The highest BCUT2D eigenvalue weighted by Crippen LogP contribution is 2.23. The lowest BCUT2D eigenvalue weighted by molar-refractivity contribution is 0.599. The minimum absolute atomic E-state index is 0.264. The standard InChI is InChI=1S/C12H24O2S2/c1-4-6-8-10-15-12(3)16(13,14)11-9-7-5-2/h3-11H2,1-2H3. The van der Waals surface area contributed by atoms with Gasteiger partial charge in [-0.2, -0.15) is 0 Å². The molecular weight excluding hydrogens is 240 g/mol. The zero-order valence-corrected chi connectivity index (χ0v) is 12.1. The molecule has 0 heterocycles. The number of unbranched alkanes of at least 4 members (excludes halogenated alkanes) is 4. The average Bonchev–Trinajstić information content (AvgIpc) is 2.24. The Bertz CT molecular complexity index is 281. The maximum atomic E-state index is 11.7. The first kappa shape index (κ1) is 16.0. The molecule has 0 aliphatic heterocycles. The van der Waals surface area contributed by atoms with E-state index in [1.165, 1.54) is 11.8 Å². The second kappa shape index (κ2) is 9.11. The van der Waals surface area contributed by atoms with Gasteiger partial charge in [-0.15, -0.1) is 11.8 Å². The van der Waals surface area contributed by atoms with Crippen LogP contribution in [0.4, 0.5) is 0 Å². The lowest BCUT2D eigenvalue weighted by atomic mass is 10.3. The Labute approximate surface area is 105 Å². The SMILES string of the molecule is C=C(SCCCCC)S(=O)(=O)CCCCC. The fourth-order valence-corrected chi connectivity index (χ4v) is 3.89. The normalized spacial score (nSPS) is 11.6. The number of hydrogen-bond acceptors (Lipinski definition) is 3. The van der Waals surface area contributed by atoms with Gasteiger partial charge in [0.05, 0.1) is 9.99 Å². The third kappa shape index (κ3) is 7.34. The molecule has 16 heavy (non-hydrogen) atoms. The first-order valence-corrected chi connectivity index (χ1v) is 8.72. The molecule has 0 aromatic carbocycles. The summed E-state index contributed by atoms with van der Waals surface area (Å²) >= 11 is 1.40. The molecule has 0 saturated heterocycles. The van der Waals surface area contributed by atoms with Crippen LogP contribution in [0.3, 0.4) is 0 Å². The predicted octanol–water partition coefficient (Wildman–Crippen LogP) is 3.99. The van der Waals surface area contributed by atoms with E-state index in [2.05, 4.69) is 20.4 Å². The van der Waals surface area contributed by atoms with Crippen molar-refractivity contribution in [2.24, 2.45) is 0 Å². The molecule has 0 atom stereocenters. The van der Waals surface area contributed by atoms with Gasteiger partial charge in [0, 0.05) is 0 Å². The summed E-state index contributed by atoms with van der Waals surface area (Å²) in [4.78, 5) is 0. The summed E-state index contributed by atoms with van der Waals surface area (Å²) in [5.41, 5.74) is 0. The van der Waals surface area contributed by atoms with Crippen molar-refractivity contribution in [1.29, 1.82) is 0 Å². The van der Waals surface area contributed by atoms with Gasteiger partial charge >= 0.3 is 0 Å². The second-order valence-electron chi connectivity index (χ2n) is 3.95. The van der Waals surface area contributed by atoms with E-state index in [9.17, 15) is 8.42 Å². The van der Waals surface area contributed by atoms with Crippen molar-refractivity contribution in [1.82, 2.24) is 0 Å². The predicted molar refractivity (Wildman–Crippen MR) is 74.4 cm³/mol. The van der Waals surface area contributed by atoms with Crippen LogP contribution < -0.4 is 0 Å². The first-order valence-electron chi connectivity index (χ1n) is 6.09. The second-order valence-corrected chi connectivity index (χ2v) is 7.53. The van der Waals surface area contributed by atoms with Crippen molar-refractivity contribution in [3.05, 3.63) is 10.8 Å². The highest BCUT2D eigenvalue weighted by Gasteiger charge is 2.15. The number of thioether (sulfide) groups is 1. The molecule has 0 aromatic heterocycles. The zero-order valence-electron chi connectivity index (χ0n) is 10.5. The molecular formula is C12H24O2S2. The molecule has 4 heteroatoms. The molecule has 0 aliphatic rings. The van der Waals surface area contributed by atoms with Crippen molar-refractivity contribution in [3.63, 3.8) is 0 Å². The number of rotatable bonds is 10. The Morgan fingerprint density at radius 1 is 1.06 bits per heavy atom. The first-order chi connectivity index (χ1) is 7.54. The third-order valence-corrected chi connectivity index (χ3v) is 5.82. The molecule has 0 amide bonds. The van der Waals surface area contributed by atoms with Gasteiger partial charge in [-0.3, -0.25) is 0 Å². The van der Waals surface area contributed by atoms with E-state index < -0.39 is 9.84 Å². The highest BCUT2D eigenvalue weighted by atomic mass is 32.3. The van der Waals surface area contributed by atoms with Crippen molar-refractivity contribution >= 4 is 21.6 Å². The Morgan fingerprint density at radius 2 is 1.62 bits per heavy atom. The summed E-state index contributed by atoms with van der Waals surface area (Å²) in [6.45, 7) is 7.89. The number of hydrogen-bond donors (Lipinski definition) is 0. The van der Waals surface area contributed by atoms with Crippen molar-refractivity contribution in [2.75, 3.05) is 11.5 Å².